The molecule has 0 bridgehead atoms. The van der Waals surface area contributed by atoms with Gasteiger partial charge in [0.25, 0.3) is 0 Å². The lowest BCUT2D eigenvalue weighted by Gasteiger charge is -2.11. The number of nitrogens with one attached hydrogen (secondary N) is 1. The fraction of sp³-hybridized carbons (Fsp3) is 0.423. The average Bonchev–Trinajstić information content (AvgIpc) is 3.24. The van der Waals surface area contributed by atoms with E-state index in [2.05, 4.69) is 45.0 Å². The molecule has 0 unspecified atom stereocenters. The second kappa shape index (κ2) is 13.0. The number of nitrogens with zero attached hydrogens (tertiary/aromatic N) is 4. The Morgan fingerprint density at radius 1 is 0.971 bits per heavy atom. The van der Waals surface area contributed by atoms with Crippen LogP contribution in [0, 0.1) is 0 Å². The van der Waals surface area contributed by atoms with Crippen molar-refractivity contribution in [3.8, 4) is 0 Å². The van der Waals surface area contributed by atoms with Crippen LogP contribution in [0.1, 0.15) is 44.9 Å². The van der Waals surface area contributed by atoms with E-state index in [0.717, 1.165) is 96.7 Å². The normalized spacial score (nSPS) is 11.6. The number of aromatic nitrogens is 4. The standard InChI is InChI=1S/C26H34N6S2/c1-2-3-13-22-31-24-25(20-11-4-5-12-21(20)30-26(24)27)32(22)18-9-8-15-28-16-10-19-33-34-23-14-6-7-17-29-23/h4-7,11-12,14,17,28H,2-3,8-10,13,15-16,18-19H2,1H3,(H2,27,30). The van der Waals surface area contributed by atoms with Crippen molar-refractivity contribution in [3.05, 3.63) is 54.5 Å². The van der Waals surface area contributed by atoms with Crippen LogP contribution in [0.5, 0.6) is 0 Å². The predicted molar refractivity (Wildman–Crippen MR) is 147 cm³/mol. The van der Waals surface area contributed by atoms with Crippen molar-refractivity contribution >= 4 is 49.3 Å². The van der Waals surface area contributed by atoms with E-state index >= 15 is 0 Å². The Hall–Kier alpha value is -2.29. The number of unbranched alkanes of at least 4 members (excludes halogenated alkanes) is 2. The van der Waals surface area contributed by atoms with Gasteiger partial charge < -0.3 is 15.6 Å². The summed E-state index contributed by atoms with van der Waals surface area (Å²) in [5.41, 5.74) is 9.24. The number of fused-ring (bicyclic) bond motifs is 3. The number of imidazole rings is 1. The molecule has 4 rings (SSSR count). The van der Waals surface area contributed by atoms with Crippen molar-refractivity contribution in [2.45, 2.75) is 57.0 Å². The van der Waals surface area contributed by atoms with Crippen LogP contribution in [-0.4, -0.2) is 38.4 Å². The molecule has 3 heterocycles. The van der Waals surface area contributed by atoms with Crippen molar-refractivity contribution in [3.63, 3.8) is 0 Å². The van der Waals surface area contributed by atoms with E-state index in [4.69, 9.17) is 10.7 Å². The Kier molecular flexibility index (Phi) is 9.47. The van der Waals surface area contributed by atoms with Crippen molar-refractivity contribution in [2.24, 2.45) is 0 Å². The highest BCUT2D eigenvalue weighted by atomic mass is 33.1. The molecule has 0 saturated heterocycles. The fourth-order valence-corrected chi connectivity index (χ4v) is 6.04. The van der Waals surface area contributed by atoms with Gasteiger partial charge in [-0.25, -0.2) is 15.0 Å². The molecule has 0 radical (unpaired) electrons. The van der Waals surface area contributed by atoms with Gasteiger partial charge in [0.15, 0.2) is 5.82 Å². The first kappa shape index (κ1) is 24.8. The van der Waals surface area contributed by atoms with Gasteiger partial charge in [0.05, 0.1) is 11.0 Å². The summed E-state index contributed by atoms with van der Waals surface area (Å²) in [6.07, 6.45) is 8.52. The molecule has 0 saturated carbocycles. The van der Waals surface area contributed by atoms with Gasteiger partial charge in [0, 0.05) is 30.3 Å². The van der Waals surface area contributed by atoms with Crippen LogP contribution in [-0.2, 0) is 13.0 Å². The Labute approximate surface area is 209 Å². The second-order valence-corrected chi connectivity index (χ2v) is 10.8. The molecule has 0 atom stereocenters. The van der Waals surface area contributed by atoms with E-state index in [1.165, 1.54) is 0 Å². The van der Waals surface area contributed by atoms with Crippen LogP contribution in [0.4, 0.5) is 5.82 Å². The topological polar surface area (TPSA) is 81.6 Å². The summed E-state index contributed by atoms with van der Waals surface area (Å²) in [4.78, 5) is 13.9. The third-order valence-electron chi connectivity index (χ3n) is 5.79. The van der Waals surface area contributed by atoms with Gasteiger partial charge >= 0.3 is 0 Å². The van der Waals surface area contributed by atoms with E-state index < -0.39 is 0 Å². The summed E-state index contributed by atoms with van der Waals surface area (Å²) in [6.45, 7) is 5.28. The quantitative estimate of drug-likeness (QED) is 0.162. The number of benzene rings is 1. The number of nitrogen functional groups attached to an aromatic ring is 1. The summed E-state index contributed by atoms with van der Waals surface area (Å²) in [5.74, 6) is 2.79. The minimum atomic E-state index is 0.533. The maximum absolute atomic E-state index is 6.31. The van der Waals surface area contributed by atoms with Gasteiger partial charge in [-0.1, -0.05) is 48.4 Å². The van der Waals surface area contributed by atoms with E-state index in [1.54, 1.807) is 10.8 Å². The zero-order chi connectivity index (χ0) is 23.6. The Balaban J connectivity index is 1.27. The first-order valence-corrected chi connectivity index (χ1v) is 14.5. The van der Waals surface area contributed by atoms with Crippen LogP contribution in [0.2, 0.25) is 0 Å². The van der Waals surface area contributed by atoms with Crippen molar-refractivity contribution in [1.29, 1.82) is 0 Å². The Morgan fingerprint density at radius 3 is 2.68 bits per heavy atom. The van der Waals surface area contributed by atoms with Gasteiger partial charge in [-0.3, -0.25) is 0 Å². The van der Waals surface area contributed by atoms with E-state index in [-0.39, 0.29) is 0 Å². The molecule has 6 nitrogen and oxygen atoms in total. The predicted octanol–water partition coefficient (Wildman–Crippen LogP) is 6.10. The molecule has 0 aliphatic rings. The first-order valence-electron chi connectivity index (χ1n) is 12.2. The summed E-state index contributed by atoms with van der Waals surface area (Å²) >= 11 is 0. The monoisotopic (exact) mass is 494 g/mol. The zero-order valence-corrected chi connectivity index (χ0v) is 21.5. The molecule has 1 aromatic carbocycles. The van der Waals surface area contributed by atoms with Crippen LogP contribution in [0.25, 0.3) is 21.9 Å². The van der Waals surface area contributed by atoms with Gasteiger partial charge in [-0.15, -0.1) is 0 Å². The maximum Gasteiger partial charge on any atom is 0.152 e. The fourth-order valence-electron chi connectivity index (χ4n) is 4.07. The third kappa shape index (κ3) is 6.43. The summed E-state index contributed by atoms with van der Waals surface area (Å²) in [7, 11) is 3.63. The van der Waals surface area contributed by atoms with E-state index in [0.29, 0.717) is 5.82 Å². The summed E-state index contributed by atoms with van der Waals surface area (Å²) in [5, 5.41) is 5.82. The molecule has 180 valence electrons. The molecule has 0 aliphatic heterocycles. The minimum Gasteiger partial charge on any atom is -0.382 e. The molecular formula is C26H34N6S2. The van der Waals surface area contributed by atoms with Gasteiger partial charge in [0.1, 0.15) is 16.4 Å². The highest BCUT2D eigenvalue weighted by molar-refractivity contribution is 8.76. The van der Waals surface area contributed by atoms with Gasteiger partial charge in [0.2, 0.25) is 0 Å². The van der Waals surface area contributed by atoms with Gasteiger partial charge in [-0.2, -0.15) is 0 Å². The Bertz CT molecular complexity index is 1180. The molecule has 8 heteroatoms. The molecule has 34 heavy (non-hydrogen) atoms. The molecule has 0 amide bonds. The van der Waals surface area contributed by atoms with Crippen LogP contribution in [0.3, 0.4) is 0 Å². The minimum absolute atomic E-state index is 0.533. The molecule has 4 aromatic rings. The number of nitrogens with two attached hydrogens (primary N) is 1. The molecular weight excluding hydrogens is 460 g/mol. The lowest BCUT2D eigenvalue weighted by Crippen LogP contribution is -2.17. The summed E-state index contributed by atoms with van der Waals surface area (Å²) < 4.78 is 2.40. The number of hydrogen-bond donors (Lipinski definition) is 2. The number of hydrogen-bond acceptors (Lipinski definition) is 7. The lowest BCUT2D eigenvalue weighted by molar-refractivity contribution is 0.558. The van der Waals surface area contributed by atoms with Crippen LogP contribution >= 0.6 is 21.6 Å². The smallest absolute Gasteiger partial charge is 0.152 e. The molecule has 3 N–H and O–H groups in total. The highest BCUT2D eigenvalue weighted by Crippen LogP contribution is 2.30. The van der Waals surface area contributed by atoms with Crippen molar-refractivity contribution in [2.75, 3.05) is 24.6 Å². The second-order valence-electron chi connectivity index (χ2n) is 8.38. The van der Waals surface area contributed by atoms with Crippen molar-refractivity contribution < 1.29 is 0 Å². The number of rotatable bonds is 14. The third-order valence-corrected chi connectivity index (χ3v) is 8.14. The van der Waals surface area contributed by atoms with Crippen LogP contribution < -0.4 is 11.1 Å². The number of anilines is 1. The number of aryl methyl sites for hydroxylation is 2. The van der Waals surface area contributed by atoms with Crippen molar-refractivity contribution in [1.82, 2.24) is 24.8 Å². The SMILES string of the molecule is CCCCc1nc2c(N)nc3ccccc3c2n1CCCCNCCCSSc1ccccn1. The maximum atomic E-state index is 6.31. The van der Waals surface area contributed by atoms with Gasteiger partial charge in [-0.05, 0) is 67.8 Å². The molecule has 0 spiro atoms. The van der Waals surface area contributed by atoms with E-state index in [1.807, 2.05) is 41.3 Å². The molecule has 3 aromatic heterocycles. The molecule has 0 fully saturated rings. The average molecular weight is 495 g/mol. The largest absolute Gasteiger partial charge is 0.382 e. The number of para-hydroxylation sites is 1. The summed E-state index contributed by atoms with van der Waals surface area (Å²) in [6, 6.07) is 14.3. The van der Waals surface area contributed by atoms with Crippen LogP contribution in [0.15, 0.2) is 53.7 Å². The zero-order valence-electron chi connectivity index (χ0n) is 19.9. The first-order chi connectivity index (χ1) is 16.8. The highest BCUT2D eigenvalue weighted by Gasteiger charge is 2.16. The molecule has 0 aliphatic carbocycles. The van der Waals surface area contributed by atoms with E-state index in [9.17, 15) is 0 Å². The Morgan fingerprint density at radius 2 is 1.82 bits per heavy atom. The lowest BCUT2D eigenvalue weighted by atomic mass is 10.2. The number of pyridine rings is 2.